The number of nitrogens with one attached hydrogen (secondary N) is 1. The Balaban J connectivity index is 1.66. The van der Waals surface area contributed by atoms with Gasteiger partial charge in [0.1, 0.15) is 11.9 Å². The number of rotatable bonds is 7. The molecule has 7 heteroatoms. The van der Waals surface area contributed by atoms with Crippen LogP contribution in [0.25, 0.3) is 0 Å². The number of carbonyl (C=O) groups excluding carboxylic acids is 1. The standard InChI is InChI=1S/C15H21N3O4/c1-10(19)6-18-5-4-16-14(15(18)20)17-12-8-21-9-13(12)22-7-11-2-3-11/h4-5,11-13H,2-3,6-9H2,1H3,(H,16,17)/t12-,13-/m0/s1. The summed E-state index contributed by atoms with van der Waals surface area (Å²) in [7, 11) is 0. The van der Waals surface area contributed by atoms with Crippen LogP contribution in [0.5, 0.6) is 0 Å². The molecule has 0 radical (unpaired) electrons. The lowest BCUT2D eigenvalue weighted by Crippen LogP contribution is -2.38. The maximum absolute atomic E-state index is 12.3. The summed E-state index contributed by atoms with van der Waals surface area (Å²) in [5.74, 6) is 0.845. The molecular weight excluding hydrogens is 286 g/mol. The summed E-state index contributed by atoms with van der Waals surface area (Å²) in [6.07, 6.45) is 5.44. The molecule has 0 amide bonds. The minimum Gasteiger partial charge on any atom is -0.376 e. The molecule has 22 heavy (non-hydrogen) atoms. The molecule has 2 atom stereocenters. The van der Waals surface area contributed by atoms with Gasteiger partial charge in [0.15, 0.2) is 5.82 Å². The lowest BCUT2D eigenvalue weighted by molar-refractivity contribution is -0.117. The van der Waals surface area contributed by atoms with Crippen molar-refractivity contribution in [3.05, 3.63) is 22.7 Å². The van der Waals surface area contributed by atoms with Gasteiger partial charge in [-0.2, -0.15) is 0 Å². The van der Waals surface area contributed by atoms with Crippen LogP contribution in [0.2, 0.25) is 0 Å². The molecule has 1 aromatic heterocycles. The van der Waals surface area contributed by atoms with E-state index in [-0.39, 0.29) is 35.9 Å². The summed E-state index contributed by atoms with van der Waals surface area (Å²) in [6.45, 7) is 3.27. The third-order valence-electron chi connectivity index (χ3n) is 3.90. The summed E-state index contributed by atoms with van der Waals surface area (Å²) in [6, 6.07) is -0.0906. The monoisotopic (exact) mass is 307 g/mol. The lowest BCUT2D eigenvalue weighted by Gasteiger charge is -2.20. The van der Waals surface area contributed by atoms with E-state index in [2.05, 4.69) is 10.3 Å². The van der Waals surface area contributed by atoms with E-state index in [1.807, 2.05) is 0 Å². The summed E-state index contributed by atoms with van der Waals surface area (Å²) >= 11 is 0. The molecule has 1 aromatic rings. The van der Waals surface area contributed by atoms with Gasteiger partial charge in [0.05, 0.1) is 25.8 Å². The second kappa shape index (κ2) is 6.58. The molecule has 1 aliphatic heterocycles. The van der Waals surface area contributed by atoms with Crippen LogP contribution in [0.4, 0.5) is 5.82 Å². The zero-order valence-corrected chi connectivity index (χ0v) is 12.7. The topological polar surface area (TPSA) is 82.5 Å². The van der Waals surface area contributed by atoms with Crippen molar-refractivity contribution in [1.29, 1.82) is 0 Å². The Labute approximate surface area is 128 Å². The van der Waals surface area contributed by atoms with Crippen molar-refractivity contribution in [3.8, 4) is 0 Å². The van der Waals surface area contributed by atoms with Crippen LogP contribution >= 0.6 is 0 Å². The maximum Gasteiger partial charge on any atom is 0.293 e. The van der Waals surface area contributed by atoms with Gasteiger partial charge in [-0.3, -0.25) is 9.59 Å². The summed E-state index contributed by atoms with van der Waals surface area (Å²) < 4.78 is 12.7. The molecule has 1 saturated heterocycles. The molecule has 120 valence electrons. The first-order chi connectivity index (χ1) is 10.6. The number of carbonyl (C=O) groups is 1. The van der Waals surface area contributed by atoms with Crippen LogP contribution in [0.1, 0.15) is 19.8 Å². The van der Waals surface area contributed by atoms with Crippen molar-refractivity contribution >= 4 is 11.6 Å². The van der Waals surface area contributed by atoms with Crippen molar-refractivity contribution in [2.24, 2.45) is 5.92 Å². The highest BCUT2D eigenvalue weighted by Gasteiger charge is 2.32. The van der Waals surface area contributed by atoms with E-state index >= 15 is 0 Å². The third-order valence-corrected chi connectivity index (χ3v) is 3.90. The van der Waals surface area contributed by atoms with Crippen LogP contribution in [0.3, 0.4) is 0 Å². The smallest absolute Gasteiger partial charge is 0.293 e. The van der Waals surface area contributed by atoms with Gasteiger partial charge in [0.25, 0.3) is 5.56 Å². The van der Waals surface area contributed by atoms with Gasteiger partial charge in [-0.05, 0) is 25.7 Å². The summed E-state index contributed by atoms with van der Waals surface area (Å²) in [5.41, 5.74) is -0.300. The number of ether oxygens (including phenoxy) is 2. The highest BCUT2D eigenvalue weighted by Crippen LogP contribution is 2.30. The van der Waals surface area contributed by atoms with Gasteiger partial charge in [-0.15, -0.1) is 0 Å². The molecule has 0 unspecified atom stereocenters. The number of Topliss-reactive ketones (excluding diaryl/α,β-unsaturated/α-hetero) is 1. The number of hydrogen-bond donors (Lipinski definition) is 1. The zero-order chi connectivity index (χ0) is 15.5. The Bertz CT molecular complexity index is 597. The van der Waals surface area contributed by atoms with Crippen molar-refractivity contribution in [3.63, 3.8) is 0 Å². The number of nitrogens with zero attached hydrogens (tertiary/aromatic N) is 2. The van der Waals surface area contributed by atoms with E-state index in [1.165, 1.54) is 36.7 Å². The van der Waals surface area contributed by atoms with Crippen LogP contribution in [0.15, 0.2) is 17.2 Å². The van der Waals surface area contributed by atoms with Gasteiger partial charge >= 0.3 is 0 Å². The summed E-state index contributed by atoms with van der Waals surface area (Å²) in [4.78, 5) is 27.6. The Morgan fingerprint density at radius 2 is 2.32 bits per heavy atom. The first kappa shape index (κ1) is 15.2. The molecule has 1 saturated carbocycles. The van der Waals surface area contributed by atoms with Crippen LogP contribution in [0, 0.1) is 5.92 Å². The van der Waals surface area contributed by atoms with Gasteiger partial charge in [-0.25, -0.2) is 4.98 Å². The van der Waals surface area contributed by atoms with Crippen LogP contribution < -0.4 is 10.9 Å². The molecule has 7 nitrogen and oxygen atoms in total. The molecule has 2 heterocycles. The van der Waals surface area contributed by atoms with Crippen LogP contribution in [-0.4, -0.2) is 47.3 Å². The van der Waals surface area contributed by atoms with E-state index < -0.39 is 0 Å². The summed E-state index contributed by atoms with van der Waals surface area (Å²) in [5, 5.41) is 3.11. The highest BCUT2D eigenvalue weighted by molar-refractivity contribution is 5.75. The molecule has 0 spiro atoms. The van der Waals surface area contributed by atoms with Gasteiger partial charge < -0.3 is 19.4 Å². The fraction of sp³-hybridized carbons (Fsp3) is 0.667. The molecule has 2 fully saturated rings. The largest absolute Gasteiger partial charge is 0.376 e. The molecular formula is C15H21N3O4. The first-order valence-corrected chi connectivity index (χ1v) is 7.64. The average Bonchev–Trinajstić information content (AvgIpc) is 3.20. The Morgan fingerprint density at radius 1 is 1.50 bits per heavy atom. The maximum atomic E-state index is 12.3. The van der Waals surface area contributed by atoms with Gasteiger partial charge in [0.2, 0.25) is 0 Å². The molecule has 0 bridgehead atoms. The van der Waals surface area contributed by atoms with Crippen molar-refractivity contribution in [2.75, 3.05) is 25.1 Å². The van der Waals surface area contributed by atoms with E-state index in [4.69, 9.17) is 9.47 Å². The lowest BCUT2D eigenvalue weighted by atomic mass is 10.2. The number of aromatic nitrogens is 2. The third kappa shape index (κ3) is 3.72. The van der Waals surface area contributed by atoms with Crippen molar-refractivity contribution < 1.29 is 14.3 Å². The molecule has 0 aromatic carbocycles. The van der Waals surface area contributed by atoms with Crippen molar-refractivity contribution in [2.45, 2.75) is 38.5 Å². The minimum atomic E-state index is -0.300. The zero-order valence-electron chi connectivity index (χ0n) is 12.7. The van der Waals surface area contributed by atoms with E-state index in [0.717, 1.165) is 6.61 Å². The molecule has 2 aliphatic rings. The van der Waals surface area contributed by atoms with E-state index in [1.54, 1.807) is 0 Å². The molecule has 1 N–H and O–H groups in total. The predicted molar refractivity (Wildman–Crippen MR) is 79.9 cm³/mol. The average molecular weight is 307 g/mol. The number of ketones is 1. The highest BCUT2D eigenvalue weighted by atomic mass is 16.5. The number of hydrogen-bond acceptors (Lipinski definition) is 6. The fourth-order valence-corrected chi connectivity index (χ4v) is 2.46. The normalized spacial score (nSPS) is 24.4. The minimum absolute atomic E-state index is 0.0544. The fourth-order valence-electron chi connectivity index (χ4n) is 2.46. The van der Waals surface area contributed by atoms with Crippen molar-refractivity contribution in [1.82, 2.24) is 9.55 Å². The van der Waals surface area contributed by atoms with Crippen LogP contribution in [-0.2, 0) is 20.8 Å². The Hall–Kier alpha value is -1.73. The first-order valence-electron chi connectivity index (χ1n) is 7.64. The number of anilines is 1. The Kier molecular flexibility index (Phi) is 4.54. The van der Waals surface area contributed by atoms with Gasteiger partial charge in [-0.1, -0.05) is 0 Å². The molecule has 1 aliphatic carbocycles. The molecule has 3 rings (SSSR count). The van der Waals surface area contributed by atoms with Gasteiger partial charge in [0, 0.05) is 19.0 Å². The van der Waals surface area contributed by atoms with E-state index in [9.17, 15) is 9.59 Å². The quantitative estimate of drug-likeness (QED) is 0.787. The Morgan fingerprint density at radius 3 is 3.05 bits per heavy atom. The van der Waals surface area contributed by atoms with E-state index in [0.29, 0.717) is 19.1 Å². The predicted octanol–water partition coefficient (Wildman–Crippen LogP) is 0.438. The SMILES string of the molecule is CC(=O)Cn1ccnc(N[C@H]2COC[C@@H]2OCC2CC2)c1=O. The second-order valence-corrected chi connectivity index (χ2v) is 6.01. The second-order valence-electron chi connectivity index (χ2n) is 6.01.